The second kappa shape index (κ2) is 7.60. The van der Waals surface area contributed by atoms with Crippen LogP contribution in [0.4, 0.5) is 0 Å². The lowest BCUT2D eigenvalue weighted by atomic mass is 10.5. The van der Waals surface area contributed by atoms with Crippen LogP contribution in [0.3, 0.4) is 0 Å². The van der Waals surface area contributed by atoms with Gasteiger partial charge in [-0.1, -0.05) is 15.9 Å². The first kappa shape index (κ1) is 13.4. The number of halogens is 1. The van der Waals surface area contributed by atoms with Gasteiger partial charge in [-0.15, -0.1) is 0 Å². The average Bonchev–Trinajstić information content (AvgIpc) is 2.27. The first-order valence-electron chi connectivity index (χ1n) is 5.23. The largest absolute Gasteiger partial charge is 0.472 e. The van der Waals surface area contributed by atoms with E-state index in [1.165, 1.54) is 0 Å². The smallest absolute Gasteiger partial charge is 0.214 e. The van der Waals surface area contributed by atoms with E-state index in [-0.39, 0.29) is 6.29 Å². The van der Waals surface area contributed by atoms with Crippen LogP contribution in [0.5, 0.6) is 5.88 Å². The molecule has 1 aromatic heterocycles. The predicted molar refractivity (Wildman–Crippen MR) is 64.5 cm³/mol. The fraction of sp³-hybridized carbons (Fsp3) is 0.545. The number of nitrogens with zero attached hydrogens (tertiary/aromatic N) is 1. The molecule has 1 heterocycles. The summed E-state index contributed by atoms with van der Waals surface area (Å²) in [5.74, 6) is 0.554. The van der Waals surface area contributed by atoms with Crippen molar-refractivity contribution in [3.8, 4) is 5.88 Å². The molecule has 0 bridgehead atoms. The molecule has 0 aliphatic heterocycles. The maximum absolute atomic E-state index is 5.46. The number of ether oxygens (including phenoxy) is 3. The van der Waals surface area contributed by atoms with Gasteiger partial charge in [0.2, 0.25) is 5.88 Å². The zero-order chi connectivity index (χ0) is 11.8. The van der Waals surface area contributed by atoms with Crippen LogP contribution in [0, 0.1) is 0 Å². The van der Waals surface area contributed by atoms with Crippen molar-refractivity contribution < 1.29 is 14.2 Å². The number of hydrogen-bond donors (Lipinski definition) is 0. The molecule has 0 amide bonds. The highest BCUT2D eigenvalue weighted by molar-refractivity contribution is 9.10. The van der Waals surface area contributed by atoms with Crippen LogP contribution in [-0.2, 0) is 9.47 Å². The Morgan fingerprint density at radius 2 is 2.00 bits per heavy atom. The highest BCUT2D eigenvalue weighted by atomic mass is 79.9. The van der Waals surface area contributed by atoms with Gasteiger partial charge in [-0.05, 0) is 19.9 Å². The quantitative estimate of drug-likeness (QED) is 0.724. The Morgan fingerprint density at radius 1 is 1.31 bits per heavy atom. The van der Waals surface area contributed by atoms with Crippen molar-refractivity contribution in [3.63, 3.8) is 0 Å². The molecule has 1 aromatic rings. The van der Waals surface area contributed by atoms with E-state index in [4.69, 9.17) is 14.2 Å². The lowest BCUT2D eigenvalue weighted by Gasteiger charge is -2.16. The van der Waals surface area contributed by atoms with E-state index in [9.17, 15) is 0 Å². The van der Waals surface area contributed by atoms with Gasteiger partial charge >= 0.3 is 0 Å². The molecule has 4 nitrogen and oxygen atoms in total. The van der Waals surface area contributed by atoms with E-state index in [0.29, 0.717) is 25.7 Å². The van der Waals surface area contributed by atoms with E-state index in [0.717, 1.165) is 4.47 Å². The predicted octanol–water partition coefficient (Wildman–Crippen LogP) is 2.62. The molecule has 0 fully saturated rings. The minimum atomic E-state index is -0.337. The van der Waals surface area contributed by atoms with Crippen molar-refractivity contribution in [1.82, 2.24) is 4.98 Å². The van der Waals surface area contributed by atoms with Gasteiger partial charge in [-0.25, -0.2) is 4.98 Å². The molecular weight excluding hydrogens is 274 g/mol. The molecule has 0 atom stereocenters. The molecule has 0 radical (unpaired) electrons. The van der Waals surface area contributed by atoms with Gasteiger partial charge in [0.05, 0.1) is 0 Å². The zero-order valence-electron chi connectivity index (χ0n) is 9.48. The molecule has 0 aliphatic carbocycles. The van der Waals surface area contributed by atoms with Crippen molar-refractivity contribution in [2.24, 2.45) is 0 Å². The average molecular weight is 290 g/mol. The summed E-state index contributed by atoms with van der Waals surface area (Å²) in [4.78, 5) is 4.07. The van der Waals surface area contributed by atoms with Gasteiger partial charge in [0.25, 0.3) is 0 Å². The summed E-state index contributed by atoms with van der Waals surface area (Å²) in [7, 11) is 0. The van der Waals surface area contributed by atoms with Crippen LogP contribution >= 0.6 is 15.9 Å². The fourth-order valence-electron chi connectivity index (χ4n) is 1.13. The fourth-order valence-corrected chi connectivity index (χ4v) is 1.45. The molecule has 0 aromatic carbocycles. The van der Waals surface area contributed by atoms with Crippen LogP contribution in [0.15, 0.2) is 22.8 Å². The highest BCUT2D eigenvalue weighted by Crippen LogP contribution is 2.14. The summed E-state index contributed by atoms with van der Waals surface area (Å²) >= 11 is 3.35. The molecule has 5 heteroatoms. The van der Waals surface area contributed by atoms with Crippen molar-refractivity contribution >= 4 is 15.9 Å². The monoisotopic (exact) mass is 289 g/mol. The molecule has 0 spiro atoms. The molecule has 0 saturated heterocycles. The molecule has 90 valence electrons. The van der Waals surface area contributed by atoms with Crippen LogP contribution in [0.1, 0.15) is 13.8 Å². The molecule has 0 unspecified atom stereocenters. The molecule has 0 saturated carbocycles. The molecule has 1 rings (SSSR count). The Balaban J connectivity index is 2.41. The van der Waals surface area contributed by atoms with Crippen molar-refractivity contribution in [2.75, 3.05) is 19.8 Å². The standard InChI is InChI=1S/C11H16BrNO3/c1-3-14-11(15-4-2)8-16-10-7-9(12)5-6-13-10/h5-7,11H,3-4,8H2,1-2H3. The number of rotatable bonds is 7. The van der Waals surface area contributed by atoms with Gasteiger partial charge in [0.1, 0.15) is 6.61 Å². The normalized spacial score (nSPS) is 10.8. The van der Waals surface area contributed by atoms with Gasteiger partial charge < -0.3 is 14.2 Å². The Bertz CT molecular complexity index is 303. The summed E-state index contributed by atoms with van der Waals surface area (Å²) in [5, 5.41) is 0. The molecule has 0 aliphatic rings. The zero-order valence-corrected chi connectivity index (χ0v) is 11.1. The minimum Gasteiger partial charge on any atom is -0.472 e. The van der Waals surface area contributed by atoms with Crippen molar-refractivity contribution in [1.29, 1.82) is 0 Å². The first-order valence-corrected chi connectivity index (χ1v) is 6.03. The number of hydrogen-bond acceptors (Lipinski definition) is 4. The van der Waals surface area contributed by atoms with E-state index in [2.05, 4.69) is 20.9 Å². The molecule has 0 N–H and O–H groups in total. The van der Waals surface area contributed by atoms with Crippen LogP contribution in [0.25, 0.3) is 0 Å². The van der Waals surface area contributed by atoms with E-state index in [1.54, 1.807) is 12.3 Å². The third kappa shape index (κ3) is 4.92. The lowest BCUT2D eigenvalue weighted by molar-refractivity contribution is -0.152. The second-order valence-electron chi connectivity index (χ2n) is 2.96. The van der Waals surface area contributed by atoms with Crippen molar-refractivity contribution in [3.05, 3.63) is 22.8 Å². The van der Waals surface area contributed by atoms with Gasteiger partial charge in [-0.2, -0.15) is 0 Å². The molecule has 16 heavy (non-hydrogen) atoms. The van der Waals surface area contributed by atoms with Gasteiger partial charge in [0.15, 0.2) is 6.29 Å². The van der Waals surface area contributed by atoms with Crippen LogP contribution in [0.2, 0.25) is 0 Å². The maximum Gasteiger partial charge on any atom is 0.214 e. The topological polar surface area (TPSA) is 40.6 Å². The Kier molecular flexibility index (Phi) is 6.37. The Labute approximate surface area is 104 Å². The number of pyridine rings is 1. The summed E-state index contributed by atoms with van der Waals surface area (Å²) in [5.41, 5.74) is 0. The van der Waals surface area contributed by atoms with Crippen molar-refractivity contribution in [2.45, 2.75) is 20.1 Å². The van der Waals surface area contributed by atoms with Crippen LogP contribution in [-0.4, -0.2) is 31.1 Å². The van der Waals surface area contributed by atoms with Crippen LogP contribution < -0.4 is 4.74 Å². The van der Waals surface area contributed by atoms with E-state index in [1.807, 2.05) is 19.9 Å². The minimum absolute atomic E-state index is 0.337. The summed E-state index contributed by atoms with van der Waals surface area (Å²) in [6.07, 6.45) is 1.34. The van der Waals surface area contributed by atoms with E-state index >= 15 is 0 Å². The first-order chi connectivity index (χ1) is 7.76. The van der Waals surface area contributed by atoms with E-state index < -0.39 is 0 Å². The highest BCUT2D eigenvalue weighted by Gasteiger charge is 2.09. The summed E-state index contributed by atoms with van der Waals surface area (Å²) < 4.78 is 17.1. The van der Waals surface area contributed by atoms with Gasteiger partial charge in [0, 0.05) is 29.9 Å². The SMILES string of the molecule is CCOC(COc1cc(Br)ccn1)OCC. The Morgan fingerprint density at radius 3 is 2.56 bits per heavy atom. The summed E-state index contributed by atoms with van der Waals surface area (Å²) in [6, 6.07) is 3.64. The second-order valence-corrected chi connectivity index (χ2v) is 3.88. The Hall–Kier alpha value is -0.650. The third-order valence-corrected chi connectivity index (χ3v) is 2.26. The lowest BCUT2D eigenvalue weighted by Crippen LogP contribution is -2.25. The number of aromatic nitrogens is 1. The van der Waals surface area contributed by atoms with Gasteiger partial charge in [-0.3, -0.25) is 0 Å². The third-order valence-electron chi connectivity index (χ3n) is 1.77. The molecular formula is C11H16BrNO3. The maximum atomic E-state index is 5.46. The summed E-state index contributed by atoms with van der Waals surface area (Å²) in [6.45, 7) is 5.37.